The molecule has 2 aliphatic rings. The second-order valence-corrected chi connectivity index (χ2v) is 5.82. The van der Waals surface area contributed by atoms with E-state index in [4.69, 9.17) is 5.11 Å². The minimum absolute atomic E-state index is 0.00682. The Balaban J connectivity index is 1.62. The molecule has 0 saturated carbocycles. The third kappa shape index (κ3) is 2.69. The monoisotopic (exact) mass is 307 g/mol. The second-order valence-electron chi connectivity index (χ2n) is 5.82. The molecule has 0 radical (unpaired) electrons. The number of carboxylic acids is 1. The number of rotatable bonds is 3. The summed E-state index contributed by atoms with van der Waals surface area (Å²) in [6, 6.07) is 9.26. The number of hydrazine groups is 1. The molecule has 1 amide bonds. The Morgan fingerprint density at radius 1 is 1.27 bits per heavy atom. The number of amides is 1. The van der Waals surface area contributed by atoms with Gasteiger partial charge in [0.25, 0.3) is 0 Å². The van der Waals surface area contributed by atoms with Crippen LogP contribution in [0.5, 0.6) is 0 Å². The van der Waals surface area contributed by atoms with E-state index in [1.807, 2.05) is 30.3 Å². The van der Waals surface area contributed by atoms with E-state index >= 15 is 0 Å². The van der Waals surface area contributed by atoms with Crippen molar-refractivity contribution in [3.8, 4) is 0 Å². The summed E-state index contributed by atoms with van der Waals surface area (Å²) < 4.78 is 14.0. The van der Waals surface area contributed by atoms with Crippen LogP contribution in [-0.2, 0) is 9.59 Å². The average Bonchev–Trinajstić information content (AvgIpc) is 3.15. The lowest BCUT2D eigenvalue weighted by Crippen LogP contribution is -2.46. The van der Waals surface area contributed by atoms with Gasteiger partial charge in [-0.15, -0.1) is 0 Å². The molecule has 7 heteroatoms. The first-order valence-corrected chi connectivity index (χ1v) is 7.27. The van der Waals surface area contributed by atoms with Gasteiger partial charge in [-0.3, -0.25) is 4.79 Å². The van der Waals surface area contributed by atoms with Gasteiger partial charge in [-0.25, -0.2) is 20.0 Å². The summed E-state index contributed by atoms with van der Waals surface area (Å²) >= 11 is 0. The van der Waals surface area contributed by atoms with Crippen LogP contribution in [0, 0.1) is 0 Å². The van der Waals surface area contributed by atoms with Crippen molar-refractivity contribution in [3.63, 3.8) is 0 Å². The maximum Gasteiger partial charge on any atom is 0.343 e. The van der Waals surface area contributed by atoms with Crippen LogP contribution in [0.1, 0.15) is 24.4 Å². The Hall–Kier alpha value is -1.99. The number of carboxylic acid groups (broad SMARTS) is 1. The molecule has 3 atom stereocenters. The van der Waals surface area contributed by atoms with Crippen molar-refractivity contribution in [1.29, 1.82) is 0 Å². The molecule has 3 rings (SSSR count). The zero-order chi connectivity index (χ0) is 15.7. The van der Waals surface area contributed by atoms with Crippen LogP contribution in [0.3, 0.4) is 0 Å². The average molecular weight is 307 g/mol. The van der Waals surface area contributed by atoms with Gasteiger partial charge in [-0.05, 0) is 12.0 Å². The van der Waals surface area contributed by atoms with Gasteiger partial charge in [0, 0.05) is 19.0 Å². The first kappa shape index (κ1) is 14.9. The second kappa shape index (κ2) is 5.66. The Bertz CT molecular complexity index is 583. The molecule has 0 aromatic heterocycles. The number of hydrogen-bond acceptors (Lipinski definition) is 4. The summed E-state index contributed by atoms with van der Waals surface area (Å²) in [6.45, 7) is -0.245. The molecule has 2 heterocycles. The molecular formula is C15H18FN3O3. The zero-order valence-electron chi connectivity index (χ0n) is 12.0. The van der Waals surface area contributed by atoms with Gasteiger partial charge in [0.2, 0.25) is 11.6 Å². The number of aliphatic carboxylic acids is 1. The van der Waals surface area contributed by atoms with Crippen LogP contribution >= 0.6 is 0 Å². The molecule has 2 fully saturated rings. The minimum Gasteiger partial charge on any atom is -0.479 e. The van der Waals surface area contributed by atoms with Crippen molar-refractivity contribution in [1.82, 2.24) is 15.8 Å². The molecule has 3 unspecified atom stereocenters. The zero-order valence-corrected chi connectivity index (χ0v) is 12.0. The topological polar surface area (TPSA) is 81.7 Å². The standard InChI is InChI=1S/C15H18FN3O3/c16-15(14(21)22)6-7-19(9-15)13(20)12-8-11(17-18-12)10-4-2-1-3-5-10/h1-5,11-12,17-18H,6-9H2,(H,21,22). The van der Waals surface area contributed by atoms with E-state index in [2.05, 4.69) is 10.9 Å². The Labute approximate surface area is 127 Å². The minimum atomic E-state index is -2.32. The molecule has 3 N–H and O–H groups in total. The first-order chi connectivity index (χ1) is 10.5. The van der Waals surface area contributed by atoms with E-state index in [1.54, 1.807) is 0 Å². The quantitative estimate of drug-likeness (QED) is 0.763. The number of nitrogens with zero attached hydrogens (tertiary/aromatic N) is 1. The van der Waals surface area contributed by atoms with Crippen molar-refractivity contribution in [2.45, 2.75) is 30.6 Å². The highest BCUT2D eigenvalue weighted by Crippen LogP contribution is 2.28. The van der Waals surface area contributed by atoms with Crippen LogP contribution in [-0.4, -0.2) is 46.7 Å². The normalized spacial score (nSPS) is 31.4. The number of hydrogen-bond donors (Lipinski definition) is 3. The predicted molar refractivity (Wildman–Crippen MR) is 76.5 cm³/mol. The van der Waals surface area contributed by atoms with Crippen molar-refractivity contribution in [2.75, 3.05) is 13.1 Å². The molecule has 0 spiro atoms. The summed E-state index contributed by atoms with van der Waals surface area (Å²) in [6.07, 6.45) is 0.391. The molecule has 2 saturated heterocycles. The number of alkyl halides is 1. The molecule has 0 bridgehead atoms. The molecular weight excluding hydrogens is 289 g/mol. The number of carbonyl (C=O) groups is 2. The lowest BCUT2D eigenvalue weighted by Gasteiger charge is -2.21. The fourth-order valence-electron chi connectivity index (χ4n) is 2.98. The fourth-order valence-corrected chi connectivity index (χ4v) is 2.98. The Morgan fingerprint density at radius 3 is 2.64 bits per heavy atom. The number of carbonyl (C=O) groups excluding carboxylic acids is 1. The predicted octanol–water partition coefficient (Wildman–Crippen LogP) is 0.619. The van der Waals surface area contributed by atoms with Gasteiger partial charge < -0.3 is 10.0 Å². The maximum absolute atomic E-state index is 14.0. The molecule has 1 aromatic carbocycles. The van der Waals surface area contributed by atoms with Crippen LogP contribution in [0.4, 0.5) is 4.39 Å². The highest BCUT2D eigenvalue weighted by Gasteiger charge is 2.48. The third-order valence-electron chi connectivity index (χ3n) is 4.32. The SMILES string of the molecule is O=C(C1CC(c2ccccc2)NN1)N1CCC(F)(C(=O)O)C1. The van der Waals surface area contributed by atoms with Gasteiger partial charge in [-0.2, -0.15) is 0 Å². The summed E-state index contributed by atoms with van der Waals surface area (Å²) in [5, 5.41) is 8.89. The highest BCUT2D eigenvalue weighted by atomic mass is 19.1. The maximum atomic E-state index is 14.0. The summed E-state index contributed by atoms with van der Waals surface area (Å²) in [5.74, 6) is -1.76. The lowest BCUT2D eigenvalue weighted by atomic mass is 10.0. The lowest BCUT2D eigenvalue weighted by molar-refractivity contribution is -0.150. The van der Waals surface area contributed by atoms with Gasteiger partial charge in [0.15, 0.2) is 0 Å². The van der Waals surface area contributed by atoms with Crippen LogP contribution in [0.15, 0.2) is 30.3 Å². The highest BCUT2D eigenvalue weighted by molar-refractivity contribution is 5.85. The summed E-state index contributed by atoms with van der Waals surface area (Å²) in [5.41, 5.74) is 4.74. The Morgan fingerprint density at radius 2 is 2.00 bits per heavy atom. The van der Waals surface area contributed by atoms with E-state index in [-0.39, 0.29) is 31.5 Å². The van der Waals surface area contributed by atoms with E-state index in [0.717, 1.165) is 5.56 Å². The first-order valence-electron chi connectivity index (χ1n) is 7.27. The number of benzene rings is 1. The van der Waals surface area contributed by atoms with Crippen molar-refractivity contribution >= 4 is 11.9 Å². The van der Waals surface area contributed by atoms with Crippen molar-refractivity contribution in [3.05, 3.63) is 35.9 Å². The Kier molecular flexibility index (Phi) is 3.84. The molecule has 2 aliphatic heterocycles. The van der Waals surface area contributed by atoms with Crippen molar-refractivity contribution < 1.29 is 19.1 Å². The van der Waals surface area contributed by atoms with Crippen LogP contribution in [0.2, 0.25) is 0 Å². The van der Waals surface area contributed by atoms with E-state index in [1.165, 1.54) is 4.90 Å². The molecule has 6 nitrogen and oxygen atoms in total. The van der Waals surface area contributed by atoms with Gasteiger partial charge in [-0.1, -0.05) is 30.3 Å². The van der Waals surface area contributed by atoms with Gasteiger partial charge in [0.1, 0.15) is 6.04 Å². The van der Waals surface area contributed by atoms with Crippen LogP contribution in [0.25, 0.3) is 0 Å². The molecule has 118 valence electrons. The van der Waals surface area contributed by atoms with E-state index in [0.29, 0.717) is 6.42 Å². The molecule has 0 aliphatic carbocycles. The summed E-state index contributed by atoms with van der Waals surface area (Å²) in [4.78, 5) is 24.6. The largest absolute Gasteiger partial charge is 0.479 e. The van der Waals surface area contributed by atoms with Gasteiger partial charge in [0.05, 0.1) is 6.54 Å². The van der Waals surface area contributed by atoms with Gasteiger partial charge >= 0.3 is 5.97 Å². The summed E-state index contributed by atoms with van der Waals surface area (Å²) in [7, 11) is 0. The molecule has 22 heavy (non-hydrogen) atoms. The van der Waals surface area contributed by atoms with Crippen LogP contribution < -0.4 is 10.9 Å². The smallest absolute Gasteiger partial charge is 0.343 e. The number of halogens is 1. The van der Waals surface area contributed by atoms with E-state index < -0.39 is 17.7 Å². The fraction of sp³-hybridized carbons (Fsp3) is 0.467. The third-order valence-corrected chi connectivity index (χ3v) is 4.32. The number of likely N-dealkylation sites (tertiary alicyclic amines) is 1. The van der Waals surface area contributed by atoms with Crippen molar-refractivity contribution in [2.24, 2.45) is 0 Å². The molecule has 1 aromatic rings. The number of nitrogens with one attached hydrogen (secondary N) is 2. The van der Waals surface area contributed by atoms with E-state index in [9.17, 15) is 14.0 Å².